The largest absolute Gasteiger partial charge is 0.494 e. The molecule has 2 fully saturated rings. The summed E-state index contributed by atoms with van der Waals surface area (Å²) in [5.41, 5.74) is 9.76. The van der Waals surface area contributed by atoms with Crippen molar-refractivity contribution in [2.24, 2.45) is 5.73 Å². The SMILES string of the molecule is COc1cc(N2CCC(N3CCCNCC3C)CC2)ccc1N(c1nccc(-c2c(-c3cccc(C(N)=O)c3)nc3ccccn23)n1)c1c(F)cccc1F. The second-order valence-corrected chi connectivity index (χ2v) is 14.0. The number of benzene rings is 3. The van der Waals surface area contributed by atoms with E-state index in [9.17, 15) is 4.79 Å². The Morgan fingerprint density at radius 2 is 1.75 bits per heavy atom. The zero-order valence-corrected chi connectivity index (χ0v) is 30.8. The van der Waals surface area contributed by atoms with Gasteiger partial charge < -0.3 is 20.7 Å². The molecule has 2 saturated heterocycles. The molecule has 5 heterocycles. The van der Waals surface area contributed by atoms with E-state index in [0.717, 1.165) is 57.7 Å². The first-order valence-corrected chi connectivity index (χ1v) is 18.6. The zero-order valence-electron chi connectivity index (χ0n) is 30.8. The van der Waals surface area contributed by atoms with Gasteiger partial charge in [-0.05, 0) is 93.9 Å². The van der Waals surface area contributed by atoms with Gasteiger partial charge >= 0.3 is 0 Å². The van der Waals surface area contributed by atoms with E-state index in [1.165, 1.54) is 23.1 Å². The third-order valence-corrected chi connectivity index (χ3v) is 10.7. The molecule has 2 aliphatic rings. The molecule has 0 spiro atoms. The highest BCUT2D eigenvalue weighted by molar-refractivity contribution is 5.95. The molecule has 0 radical (unpaired) electrons. The van der Waals surface area contributed by atoms with E-state index in [2.05, 4.69) is 27.0 Å². The Kier molecular flexibility index (Phi) is 10.1. The molecule has 1 atom stereocenters. The average Bonchev–Trinajstić information content (AvgIpc) is 3.47. The Bertz CT molecular complexity index is 2320. The molecule has 1 amide bonds. The lowest BCUT2D eigenvalue weighted by molar-refractivity contribution is 0.1000. The molecule has 3 N–H and O–H groups in total. The van der Waals surface area contributed by atoms with Gasteiger partial charge in [-0.15, -0.1) is 0 Å². The fraction of sp³-hybridized carbons (Fsp3) is 0.286. The van der Waals surface area contributed by atoms with Crippen LogP contribution in [-0.4, -0.2) is 82.1 Å². The smallest absolute Gasteiger partial charge is 0.248 e. The molecule has 3 aromatic carbocycles. The number of hydrogen-bond acceptors (Lipinski definition) is 9. The van der Waals surface area contributed by atoms with Crippen LogP contribution >= 0.6 is 0 Å². The molecule has 282 valence electrons. The minimum atomic E-state index is -0.793. The van der Waals surface area contributed by atoms with Crippen LogP contribution in [0, 0.1) is 11.6 Å². The maximum Gasteiger partial charge on any atom is 0.248 e. The van der Waals surface area contributed by atoms with Crippen molar-refractivity contribution >= 4 is 34.6 Å². The lowest BCUT2D eigenvalue weighted by atomic mass is 10.0. The molecule has 2 aliphatic heterocycles. The Morgan fingerprint density at radius 1 is 0.945 bits per heavy atom. The molecular formula is C42H43F2N9O2. The van der Waals surface area contributed by atoms with Crippen LogP contribution in [0.2, 0.25) is 0 Å². The molecular weight excluding hydrogens is 701 g/mol. The van der Waals surface area contributed by atoms with Crippen molar-refractivity contribution in [3.8, 4) is 28.4 Å². The van der Waals surface area contributed by atoms with Crippen molar-refractivity contribution in [1.82, 2.24) is 29.6 Å². The number of piperidine rings is 1. The van der Waals surface area contributed by atoms with Gasteiger partial charge in [-0.3, -0.25) is 19.0 Å². The summed E-state index contributed by atoms with van der Waals surface area (Å²) in [7, 11) is 1.54. The first kappa shape index (κ1) is 36.1. The molecule has 1 unspecified atom stereocenters. The molecule has 0 aliphatic carbocycles. The number of amides is 1. The molecule has 55 heavy (non-hydrogen) atoms. The summed E-state index contributed by atoms with van der Waals surface area (Å²) in [5.74, 6) is -1.74. The summed E-state index contributed by atoms with van der Waals surface area (Å²) >= 11 is 0. The monoisotopic (exact) mass is 743 g/mol. The molecule has 0 bridgehead atoms. The van der Waals surface area contributed by atoms with Crippen LogP contribution in [0.5, 0.6) is 5.75 Å². The van der Waals surface area contributed by atoms with Gasteiger partial charge in [-0.1, -0.05) is 24.3 Å². The van der Waals surface area contributed by atoms with Crippen molar-refractivity contribution in [3.63, 3.8) is 0 Å². The summed E-state index contributed by atoms with van der Waals surface area (Å²) in [4.78, 5) is 32.9. The van der Waals surface area contributed by atoms with Crippen LogP contribution in [0.3, 0.4) is 0 Å². The molecule has 8 rings (SSSR count). The van der Waals surface area contributed by atoms with Gasteiger partial charge in [0.2, 0.25) is 11.9 Å². The van der Waals surface area contributed by atoms with Gasteiger partial charge in [0.25, 0.3) is 0 Å². The van der Waals surface area contributed by atoms with Crippen LogP contribution < -0.4 is 25.6 Å². The number of primary amides is 1. The maximum atomic E-state index is 15.8. The van der Waals surface area contributed by atoms with Crippen molar-refractivity contribution in [2.75, 3.05) is 49.6 Å². The fourth-order valence-electron chi connectivity index (χ4n) is 7.96. The predicted molar refractivity (Wildman–Crippen MR) is 210 cm³/mol. The first-order valence-electron chi connectivity index (χ1n) is 18.6. The topological polar surface area (TPSA) is 117 Å². The van der Waals surface area contributed by atoms with E-state index >= 15 is 8.78 Å². The number of carbonyl (C=O) groups excluding carboxylic acids is 1. The Balaban J connectivity index is 1.19. The van der Waals surface area contributed by atoms with Crippen molar-refractivity contribution in [3.05, 3.63) is 115 Å². The van der Waals surface area contributed by atoms with Crippen LogP contribution in [0.15, 0.2) is 97.3 Å². The molecule has 6 aromatic rings. The summed E-state index contributed by atoms with van der Waals surface area (Å²) in [5, 5.41) is 3.55. The number of methoxy groups -OCH3 is 1. The van der Waals surface area contributed by atoms with Crippen LogP contribution in [0.25, 0.3) is 28.3 Å². The summed E-state index contributed by atoms with van der Waals surface area (Å²) in [6.45, 7) is 7.24. The number of hydrogen-bond donors (Lipinski definition) is 2. The summed E-state index contributed by atoms with van der Waals surface area (Å²) < 4.78 is 39.5. The van der Waals surface area contributed by atoms with Gasteiger partial charge in [0.1, 0.15) is 28.7 Å². The number of fused-ring (bicyclic) bond motifs is 1. The van der Waals surface area contributed by atoms with E-state index < -0.39 is 17.5 Å². The number of imidazole rings is 1. The standard InChI is InChI=1S/C42H43F2N9O2/c1-27-26-46-18-7-21-51(27)30-16-22-50(23-17-30)31-13-14-35(36(25-31)55-2)53(39-32(43)10-6-11-33(39)44)42-47-19-15-34(48-42)40-38(49-37-12-3-4-20-52(37)40)28-8-5-9-29(24-28)41(45)54/h3-6,8-15,19-20,24-25,27,30,46H,7,16-18,21-23,26H2,1-2H3,(H2,45,54). The number of nitrogens with two attached hydrogens (primary N) is 1. The number of anilines is 4. The second kappa shape index (κ2) is 15.4. The third kappa shape index (κ3) is 7.08. The van der Waals surface area contributed by atoms with E-state index in [4.69, 9.17) is 20.4 Å². The number of nitrogens with one attached hydrogen (secondary N) is 1. The van der Waals surface area contributed by atoms with E-state index in [0.29, 0.717) is 57.4 Å². The Morgan fingerprint density at radius 3 is 2.53 bits per heavy atom. The predicted octanol–water partition coefficient (Wildman–Crippen LogP) is 6.97. The van der Waals surface area contributed by atoms with Gasteiger partial charge in [0.05, 0.1) is 29.9 Å². The zero-order chi connectivity index (χ0) is 38.1. The van der Waals surface area contributed by atoms with Crippen molar-refractivity contribution in [1.29, 1.82) is 0 Å². The van der Waals surface area contributed by atoms with Crippen LogP contribution in [0.4, 0.5) is 31.8 Å². The van der Waals surface area contributed by atoms with Gasteiger partial charge in [-0.2, -0.15) is 0 Å². The number of carbonyl (C=O) groups is 1. The molecule has 3 aromatic heterocycles. The number of nitrogens with zero attached hydrogens (tertiary/aromatic N) is 7. The number of aromatic nitrogens is 4. The highest BCUT2D eigenvalue weighted by atomic mass is 19.1. The van der Waals surface area contributed by atoms with Crippen LogP contribution in [0.1, 0.15) is 36.5 Å². The normalized spacial score (nSPS) is 16.9. The number of para-hydroxylation sites is 1. The summed E-state index contributed by atoms with van der Waals surface area (Å²) in [6, 6.07) is 24.6. The van der Waals surface area contributed by atoms with E-state index in [-0.39, 0.29) is 11.6 Å². The first-order chi connectivity index (χ1) is 26.8. The van der Waals surface area contributed by atoms with Gasteiger partial charge in [-0.25, -0.2) is 23.7 Å². The Hall–Kier alpha value is -5.92. The summed E-state index contributed by atoms with van der Waals surface area (Å²) in [6.07, 6.45) is 6.63. The highest BCUT2D eigenvalue weighted by Crippen LogP contribution is 2.44. The highest BCUT2D eigenvalue weighted by Gasteiger charge is 2.31. The van der Waals surface area contributed by atoms with E-state index in [1.54, 1.807) is 43.6 Å². The number of rotatable bonds is 9. The molecule has 0 saturated carbocycles. The lowest BCUT2D eigenvalue weighted by Gasteiger charge is -2.41. The van der Waals surface area contributed by atoms with Crippen molar-refractivity contribution in [2.45, 2.75) is 38.3 Å². The third-order valence-electron chi connectivity index (χ3n) is 10.7. The number of pyridine rings is 1. The molecule has 11 nitrogen and oxygen atoms in total. The number of halogens is 2. The number of ether oxygens (including phenoxy) is 1. The van der Waals surface area contributed by atoms with Gasteiger partial charge in [0.15, 0.2) is 0 Å². The average molecular weight is 744 g/mol. The fourth-order valence-corrected chi connectivity index (χ4v) is 7.96. The second-order valence-electron chi connectivity index (χ2n) is 14.0. The maximum absolute atomic E-state index is 15.8. The lowest BCUT2D eigenvalue weighted by Crippen LogP contribution is -2.49. The van der Waals surface area contributed by atoms with Crippen LogP contribution in [-0.2, 0) is 0 Å². The van der Waals surface area contributed by atoms with Crippen molar-refractivity contribution < 1.29 is 18.3 Å². The van der Waals surface area contributed by atoms with Gasteiger partial charge in [0, 0.05) is 67.0 Å². The minimum Gasteiger partial charge on any atom is -0.494 e. The molecule has 13 heteroatoms. The van der Waals surface area contributed by atoms with E-state index in [1.807, 2.05) is 47.0 Å². The minimum absolute atomic E-state index is 0.0112. The quantitative estimate of drug-likeness (QED) is 0.162. The Labute approximate surface area is 318 Å².